The number of nitrogens with zero attached hydrogens (tertiary/aromatic N) is 2. The molecule has 1 aliphatic heterocycles. The van der Waals surface area contributed by atoms with E-state index in [0.29, 0.717) is 6.54 Å². The Hall–Kier alpha value is -2.40. The van der Waals surface area contributed by atoms with Gasteiger partial charge in [-0.15, -0.1) is 0 Å². The van der Waals surface area contributed by atoms with Gasteiger partial charge in [0.05, 0.1) is 12.1 Å². The molecule has 1 amide bonds. The van der Waals surface area contributed by atoms with Gasteiger partial charge in [0.2, 0.25) is 0 Å². The summed E-state index contributed by atoms with van der Waals surface area (Å²) in [5.41, 5.74) is 2.33. The topological polar surface area (TPSA) is 62.7 Å². The SMILES string of the molecule is CC(C)(C)OC(=O)N1CCCC[C@H]1[C@@H](O)c1cccc(-c2ccncc2)c1. The standard InChI is InChI=1S/C22H28N2O3/c1-22(2,3)27-21(26)24-14-5-4-9-19(24)20(25)18-8-6-7-17(15-18)16-10-12-23-13-11-16/h6-8,10-13,15,19-20,25H,4-5,9,14H2,1-3H3/t19-,20-/m0/s1. The maximum absolute atomic E-state index is 12.6. The third kappa shape index (κ3) is 4.86. The zero-order valence-electron chi connectivity index (χ0n) is 16.3. The van der Waals surface area contributed by atoms with Gasteiger partial charge >= 0.3 is 6.09 Å². The van der Waals surface area contributed by atoms with Gasteiger partial charge in [0, 0.05) is 18.9 Å². The Bertz CT molecular complexity index is 771. The summed E-state index contributed by atoms with van der Waals surface area (Å²) in [5.74, 6) is 0. The monoisotopic (exact) mass is 368 g/mol. The van der Waals surface area contributed by atoms with E-state index in [9.17, 15) is 9.90 Å². The number of hydrogen-bond donors (Lipinski definition) is 1. The fraction of sp³-hybridized carbons (Fsp3) is 0.455. The van der Waals surface area contributed by atoms with E-state index in [1.165, 1.54) is 0 Å². The van der Waals surface area contributed by atoms with Crippen LogP contribution in [0.5, 0.6) is 0 Å². The van der Waals surface area contributed by atoms with E-state index < -0.39 is 11.7 Å². The molecule has 2 aromatic rings. The van der Waals surface area contributed by atoms with Crippen molar-refractivity contribution >= 4 is 6.09 Å². The second kappa shape index (κ2) is 8.09. The van der Waals surface area contributed by atoms with Crippen LogP contribution in [0.15, 0.2) is 48.8 Å². The van der Waals surface area contributed by atoms with Crippen molar-refractivity contribution in [3.05, 3.63) is 54.4 Å². The number of benzene rings is 1. The van der Waals surface area contributed by atoms with Gasteiger partial charge in [-0.2, -0.15) is 0 Å². The van der Waals surface area contributed by atoms with Gasteiger partial charge in [0.1, 0.15) is 5.60 Å². The summed E-state index contributed by atoms with van der Waals surface area (Å²) in [7, 11) is 0. The number of aromatic nitrogens is 1. The number of amides is 1. The fourth-order valence-corrected chi connectivity index (χ4v) is 3.50. The van der Waals surface area contributed by atoms with Gasteiger partial charge < -0.3 is 14.7 Å². The van der Waals surface area contributed by atoms with Crippen molar-refractivity contribution in [2.75, 3.05) is 6.54 Å². The molecule has 0 radical (unpaired) electrons. The number of piperidine rings is 1. The first-order chi connectivity index (χ1) is 12.8. The van der Waals surface area contributed by atoms with Crippen LogP contribution in [0, 0.1) is 0 Å². The van der Waals surface area contributed by atoms with Crippen LogP contribution >= 0.6 is 0 Å². The average Bonchev–Trinajstić information content (AvgIpc) is 2.67. The molecule has 0 spiro atoms. The van der Waals surface area contributed by atoms with Crippen LogP contribution in [0.1, 0.15) is 51.7 Å². The largest absolute Gasteiger partial charge is 0.444 e. The lowest BCUT2D eigenvalue weighted by Crippen LogP contribution is -2.48. The molecule has 1 N–H and O–H groups in total. The number of hydrogen-bond acceptors (Lipinski definition) is 4. The van der Waals surface area contributed by atoms with Gasteiger partial charge in [-0.1, -0.05) is 18.2 Å². The van der Waals surface area contributed by atoms with Gasteiger partial charge in [0.25, 0.3) is 0 Å². The number of rotatable bonds is 3. The molecule has 144 valence electrons. The number of ether oxygens (including phenoxy) is 1. The number of pyridine rings is 1. The van der Waals surface area contributed by atoms with Crippen LogP contribution in [0.25, 0.3) is 11.1 Å². The molecular weight excluding hydrogens is 340 g/mol. The maximum Gasteiger partial charge on any atom is 0.410 e. The van der Waals surface area contributed by atoms with E-state index in [-0.39, 0.29) is 12.1 Å². The zero-order chi connectivity index (χ0) is 19.4. The molecule has 1 fully saturated rings. The summed E-state index contributed by atoms with van der Waals surface area (Å²) in [5, 5.41) is 11.1. The lowest BCUT2D eigenvalue weighted by Gasteiger charge is -2.39. The van der Waals surface area contributed by atoms with Crippen LogP contribution in [-0.4, -0.2) is 39.3 Å². The summed E-state index contributed by atoms with van der Waals surface area (Å²) in [6.07, 6.45) is 5.09. The number of carbonyl (C=O) groups excluding carboxylic acids is 1. The van der Waals surface area contributed by atoms with Crippen LogP contribution < -0.4 is 0 Å². The molecule has 1 aliphatic rings. The minimum absolute atomic E-state index is 0.277. The molecule has 2 heterocycles. The molecule has 0 bridgehead atoms. The predicted octanol–water partition coefficient (Wildman–Crippen LogP) is 4.57. The molecule has 0 unspecified atom stereocenters. The molecule has 0 saturated carbocycles. The van der Waals surface area contributed by atoms with Crippen LogP contribution in [-0.2, 0) is 4.74 Å². The van der Waals surface area contributed by atoms with Crippen molar-refractivity contribution in [3.8, 4) is 11.1 Å². The third-order valence-corrected chi connectivity index (χ3v) is 4.78. The predicted molar refractivity (Wildman–Crippen MR) is 105 cm³/mol. The van der Waals surface area contributed by atoms with Crippen LogP contribution in [0.3, 0.4) is 0 Å². The zero-order valence-corrected chi connectivity index (χ0v) is 16.3. The van der Waals surface area contributed by atoms with Gasteiger partial charge in [0.15, 0.2) is 0 Å². The van der Waals surface area contributed by atoms with Crippen molar-refractivity contribution in [2.45, 2.75) is 57.8 Å². The van der Waals surface area contributed by atoms with Crippen molar-refractivity contribution < 1.29 is 14.6 Å². The quantitative estimate of drug-likeness (QED) is 0.862. The third-order valence-electron chi connectivity index (χ3n) is 4.78. The van der Waals surface area contributed by atoms with Gasteiger partial charge in [-0.3, -0.25) is 4.98 Å². The first-order valence-electron chi connectivity index (χ1n) is 9.53. The summed E-state index contributed by atoms with van der Waals surface area (Å²) in [6.45, 7) is 6.19. The van der Waals surface area contributed by atoms with Crippen molar-refractivity contribution in [3.63, 3.8) is 0 Å². The molecule has 0 aliphatic carbocycles. The van der Waals surface area contributed by atoms with Crippen molar-refractivity contribution in [1.82, 2.24) is 9.88 Å². The smallest absolute Gasteiger partial charge is 0.410 e. The maximum atomic E-state index is 12.6. The second-order valence-electron chi connectivity index (χ2n) is 8.04. The van der Waals surface area contributed by atoms with E-state index in [2.05, 4.69) is 4.98 Å². The number of likely N-dealkylation sites (tertiary alicyclic amines) is 1. The molecule has 1 saturated heterocycles. The van der Waals surface area contributed by atoms with E-state index in [0.717, 1.165) is 36.0 Å². The molecule has 1 aromatic carbocycles. The summed E-state index contributed by atoms with van der Waals surface area (Å²) in [4.78, 5) is 18.4. The molecule has 27 heavy (non-hydrogen) atoms. The summed E-state index contributed by atoms with van der Waals surface area (Å²) >= 11 is 0. The van der Waals surface area contributed by atoms with E-state index in [1.54, 1.807) is 17.3 Å². The van der Waals surface area contributed by atoms with E-state index in [1.807, 2.05) is 57.2 Å². The summed E-state index contributed by atoms with van der Waals surface area (Å²) < 4.78 is 5.56. The van der Waals surface area contributed by atoms with Crippen LogP contribution in [0.2, 0.25) is 0 Å². The highest BCUT2D eigenvalue weighted by Gasteiger charge is 2.35. The van der Waals surface area contributed by atoms with Gasteiger partial charge in [-0.25, -0.2) is 4.79 Å². The minimum atomic E-state index is -0.750. The van der Waals surface area contributed by atoms with E-state index in [4.69, 9.17) is 4.74 Å². The Balaban J connectivity index is 1.83. The Morgan fingerprint density at radius 2 is 1.93 bits per heavy atom. The Kier molecular flexibility index (Phi) is 5.80. The number of aliphatic hydroxyl groups excluding tert-OH is 1. The van der Waals surface area contributed by atoms with Crippen molar-refractivity contribution in [2.24, 2.45) is 0 Å². The lowest BCUT2D eigenvalue weighted by molar-refractivity contribution is -0.0169. The molecule has 5 nitrogen and oxygen atoms in total. The Labute approximate surface area is 161 Å². The van der Waals surface area contributed by atoms with Gasteiger partial charge in [-0.05, 0) is 74.9 Å². The fourth-order valence-electron chi connectivity index (χ4n) is 3.50. The molecule has 2 atom stereocenters. The highest BCUT2D eigenvalue weighted by molar-refractivity contribution is 5.69. The minimum Gasteiger partial charge on any atom is -0.444 e. The van der Waals surface area contributed by atoms with Crippen molar-refractivity contribution in [1.29, 1.82) is 0 Å². The van der Waals surface area contributed by atoms with E-state index >= 15 is 0 Å². The molecule has 3 rings (SSSR count). The summed E-state index contributed by atoms with van der Waals surface area (Å²) in [6, 6.07) is 11.5. The first kappa shape index (κ1) is 19.4. The molecule has 1 aromatic heterocycles. The Morgan fingerprint density at radius 1 is 1.19 bits per heavy atom. The van der Waals surface area contributed by atoms with Crippen LogP contribution in [0.4, 0.5) is 4.79 Å². The molecular formula is C22H28N2O3. The second-order valence-corrected chi connectivity index (χ2v) is 8.04. The average molecular weight is 368 g/mol. The highest BCUT2D eigenvalue weighted by Crippen LogP contribution is 2.31. The number of carbonyl (C=O) groups is 1. The lowest BCUT2D eigenvalue weighted by atomic mass is 9.91. The normalized spacial score (nSPS) is 18.8. The molecule has 5 heteroatoms. The number of aliphatic hydroxyl groups is 1. The highest BCUT2D eigenvalue weighted by atomic mass is 16.6. The Morgan fingerprint density at radius 3 is 2.63 bits per heavy atom. The first-order valence-corrected chi connectivity index (χ1v) is 9.53.